The Labute approximate surface area is 122 Å². The van der Waals surface area contributed by atoms with E-state index in [9.17, 15) is 4.79 Å². The molecule has 0 amide bonds. The van der Waals surface area contributed by atoms with E-state index in [0.29, 0.717) is 18.6 Å². The average Bonchev–Trinajstić information content (AvgIpc) is 3.30. The molecule has 116 valence electrons. The summed E-state index contributed by atoms with van der Waals surface area (Å²) in [6.45, 7) is 7.74. The zero-order valence-electron chi connectivity index (χ0n) is 13.0. The van der Waals surface area contributed by atoms with Crippen molar-refractivity contribution in [3.05, 3.63) is 0 Å². The van der Waals surface area contributed by atoms with Crippen molar-refractivity contribution in [1.82, 2.24) is 10.2 Å². The minimum Gasteiger partial charge on any atom is -0.465 e. The summed E-state index contributed by atoms with van der Waals surface area (Å²) >= 11 is 0. The summed E-state index contributed by atoms with van der Waals surface area (Å²) in [5.41, 5.74) is -0.536. The van der Waals surface area contributed by atoms with Crippen LogP contribution in [0.15, 0.2) is 0 Å². The number of morpholine rings is 1. The van der Waals surface area contributed by atoms with E-state index in [1.54, 1.807) is 0 Å². The number of esters is 1. The highest BCUT2D eigenvalue weighted by Gasteiger charge is 2.52. The molecule has 0 radical (unpaired) electrons. The van der Waals surface area contributed by atoms with Crippen LogP contribution in [0.1, 0.15) is 33.1 Å². The van der Waals surface area contributed by atoms with Gasteiger partial charge in [-0.2, -0.15) is 0 Å². The molecule has 20 heavy (non-hydrogen) atoms. The molecule has 1 saturated heterocycles. The van der Waals surface area contributed by atoms with E-state index in [-0.39, 0.29) is 5.97 Å². The molecule has 2 unspecified atom stereocenters. The minimum absolute atomic E-state index is 0.0930. The molecule has 5 nitrogen and oxygen atoms in total. The van der Waals surface area contributed by atoms with Crippen molar-refractivity contribution in [2.45, 2.75) is 44.8 Å². The van der Waals surface area contributed by atoms with Crippen molar-refractivity contribution >= 4 is 5.97 Å². The predicted octanol–water partition coefficient (Wildman–Crippen LogP) is 1.03. The van der Waals surface area contributed by atoms with Gasteiger partial charge in [0.15, 0.2) is 0 Å². The Kier molecular flexibility index (Phi) is 5.41. The topological polar surface area (TPSA) is 50.8 Å². The van der Waals surface area contributed by atoms with Gasteiger partial charge in [-0.3, -0.25) is 4.90 Å². The first kappa shape index (κ1) is 15.7. The van der Waals surface area contributed by atoms with Crippen LogP contribution >= 0.6 is 0 Å². The van der Waals surface area contributed by atoms with Crippen LogP contribution in [-0.4, -0.2) is 62.4 Å². The molecule has 0 aromatic carbocycles. The number of carbonyl (C=O) groups is 1. The number of hydrogen-bond donors (Lipinski definition) is 1. The minimum atomic E-state index is -0.536. The van der Waals surface area contributed by atoms with Gasteiger partial charge < -0.3 is 14.8 Å². The van der Waals surface area contributed by atoms with E-state index in [0.717, 1.165) is 45.5 Å². The molecule has 2 atom stereocenters. The number of ether oxygens (including phenoxy) is 2. The standard InChI is InChI=1S/C15H28N2O3/c1-4-13-10-17(8-9-20-13)11-15(16-3,12-6-7-12)14(18)19-5-2/h12-13,16H,4-11H2,1-3H3. The van der Waals surface area contributed by atoms with E-state index in [1.807, 2.05) is 14.0 Å². The molecule has 5 heteroatoms. The van der Waals surface area contributed by atoms with Crippen LogP contribution in [0.4, 0.5) is 0 Å². The fraction of sp³-hybridized carbons (Fsp3) is 0.933. The van der Waals surface area contributed by atoms with Crippen LogP contribution in [0.3, 0.4) is 0 Å². The monoisotopic (exact) mass is 284 g/mol. The van der Waals surface area contributed by atoms with Gasteiger partial charge in [0, 0.05) is 19.6 Å². The van der Waals surface area contributed by atoms with E-state index in [1.165, 1.54) is 0 Å². The lowest BCUT2D eigenvalue weighted by Crippen LogP contribution is -2.62. The molecule has 1 aliphatic heterocycles. The summed E-state index contributed by atoms with van der Waals surface area (Å²) in [4.78, 5) is 14.8. The van der Waals surface area contributed by atoms with Gasteiger partial charge in [0.1, 0.15) is 5.54 Å². The first-order valence-electron chi connectivity index (χ1n) is 7.86. The van der Waals surface area contributed by atoms with Crippen molar-refractivity contribution in [2.24, 2.45) is 5.92 Å². The number of rotatable bonds is 7. The normalized spacial score (nSPS) is 27.1. The number of hydrogen-bond acceptors (Lipinski definition) is 5. The number of nitrogens with zero attached hydrogens (tertiary/aromatic N) is 1. The smallest absolute Gasteiger partial charge is 0.327 e. The first-order chi connectivity index (χ1) is 9.66. The SMILES string of the molecule is CCOC(=O)C(CN1CCOC(CC)C1)(NC)C1CC1. The highest BCUT2D eigenvalue weighted by Crippen LogP contribution is 2.41. The molecular weight excluding hydrogens is 256 g/mol. The Morgan fingerprint density at radius 1 is 1.45 bits per heavy atom. The summed E-state index contributed by atoms with van der Waals surface area (Å²) in [5.74, 6) is 0.319. The summed E-state index contributed by atoms with van der Waals surface area (Å²) in [6.07, 6.45) is 3.54. The second kappa shape index (κ2) is 6.87. The summed E-state index contributed by atoms with van der Waals surface area (Å²) in [7, 11) is 1.88. The highest BCUT2D eigenvalue weighted by molar-refractivity contribution is 5.82. The molecule has 0 aromatic rings. The molecule has 0 aromatic heterocycles. The molecule has 1 N–H and O–H groups in total. The van der Waals surface area contributed by atoms with E-state index in [2.05, 4.69) is 17.1 Å². The second-order valence-corrected chi connectivity index (χ2v) is 5.85. The van der Waals surface area contributed by atoms with Gasteiger partial charge >= 0.3 is 5.97 Å². The zero-order valence-corrected chi connectivity index (χ0v) is 13.0. The van der Waals surface area contributed by atoms with E-state index >= 15 is 0 Å². The Morgan fingerprint density at radius 3 is 2.75 bits per heavy atom. The fourth-order valence-corrected chi connectivity index (χ4v) is 3.11. The number of nitrogens with one attached hydrogen (secondary N) is 1. The van der Waals surface area contributed by atoms with Gasteiger partial charge in [-0.1, -0.05) is 6.92 Å². The van der Waals surface area contributed by atoms with Crippen LogP contribution in [0.25, 0.3) is 0 Å². The molecule has 1 aliphatic carbocycles. The maximum atomic E-state index is 12.5. The second-order valence-electron chi connectivity index (χ2n) is 5.85. The Bertz CT molecular complexity index is 333. The quantitative estimate of drug-likeness (QED) is 0.708. The molecule has 0 bridgehead atoms. The molecule has 0 spiro atoms. The fourth-order valence-electron chi connectivity index (χ4n) is 3.11. The Hall–Kier alpha value is -0.650. The van der Waals surface area contributed by atoms with Crippen molar-refractivity contribution in [3.8, 4) is 0 Å². The lowest BCUT2D eigenvalue weighted by atomic mass is 9.92. The number of likely N-dealkylation sites (N-methyl/N-ethyl adjacent to an activating group) is 1. The molecule has 1 saturated carbocycles. The highest BCUT2D eigenvalue weighted by atomic mass is 16.5. The molecule has 2 fully saturated rings. The number of carbonyl (C=O) groups excluding carboxylic acids is 1. The van der Waals surface area contributed by atoms with Crippen LogP contribution < -0.4 is 5.32 Å². The van der Waals surface area contributed by atoms with Gasteiger partial charge in [0.05, 0.1) is 19.3 Å². The van der Waals surface area contributed by atoms with Gasteiger partial charge in [0.2, 0.25) is 0 Å². The summed E-state index contributed by atoms with van der Waals surface area (Å²) < 4.78 is 11.0. The summed E-state index contributed by atoms with van der Waals surface area (Å²) in [5, 5.41) is 3.29. The third-order valence-corrected chi connectivity index (χ3v) is 4.51. The van der Waals surface area contributed by atoms with Gasteiger partial charge in [-0.05, 0) is 39.2 Å². The van der Waals surface area contributed by atoms with E-state index < -0.39 is 5.54 Å². The molecular formula is C15H28N2O3. The lowest BCUT2D eigenvalue weighted by molar-refractivity contribution is -0.154. The van der Waals surface area contributed by atoms with Crippen LogP contribution in [-0.2, 0) is 14.3 Å². The zero-order chi connectivity index (χ0) is 14.6. The third kappa shape index (κ3) is 3.32. The largest absolute Gasteiger partial charge is 0.465 e. The van der Waals surface area contributed by atoms with Crippen molar-refractivity contribution in [2.75, 3.05) is 39.9 Å². The van der Waals surface area contributed by atoms with Crippen molar-refractivity contribution in [3.63, 3.8) is 0 Å². The van der Waals surface area contributed by atoms with Crippen LogP contribution in [0, 0.1) is 5.92 Å². The maximum absolute atomic E-state index is 12.5. The molecule has 1 heterocycles. The van der Waals surface area contributed by atoms with Gasteiger partial charge in [-0.15, -0.1) is 0 Å². The predicted molar refractivity (Wildman–Crippen MR) is 77.6 cm³/mol. The van der Waals surface area contributed by atoms with Crippen molar-refractivity contribution < 1.29 is 14.3 Å². The summed E-state index contributed by atoms with van der Waals surface area (Å²) in [6, 6.07) is 0. The Balaban J connectivity index is 2.05. The van der Waals surface area contributed by atoms with E-state index in [4.69, 9.17) is 9.47 Å². The van der Waals surface area contributed by atoms with Crippen molar-refractivity contribution in [1.29, 1.82) is 0 Å². The maximum Gasteiger partial charge on any atom is 0.327 e. The van der Waals surface area contributed by atoms with Crippen LogP contribution in [0.5, 0.6) is 0 Å². The Morgan fingerprint density at radius 2 is 2.20 bits per heavy atom. The molecule has 2 aliphatic rings. The average molecular weight is 284 g/mol. The van der Waals surface area contributed by atoms with Crippen LogP contribution in [0.2, 0.25) is 0 Å². The molecule has 2 rings (SSSR count). The van der Waals surface area contributed by atoms with Gasteiger partial charge in [-0.25, -0.2) is 4.79 Å². The third-order valence-electron chi connectivity index (χ3n) is 4.51. The van der Waals surface area contributed by atoms with Gasteiger partial charge in [0.25, 0.3) is 0 Å². The first-order valence-corrected chi connectivity index (χ1v) is 7.86. The lowest BCUT2D eigenvalue weighted by Gasteiger charge is -2.40.